The van der Waals surface area contributed by atoms with Gasteiger partial charge in [0.25, 0.3) is 0 Å². The number of hydrogen-bond acceptors (Lipinski definition) is 2. The summed E-state index contributed by atoms with van der Waals surface area (Å²) in [5.74, 6) is 0.898. The molecule has 3 atom stereocenters. The number of allylic oxidation sites excluding steroid dienone is 2. The number of anilines is 1. The molecule has 2 aliphatic rings. The lowest BCUT2D eigenvalue weighted by Gasteiger charge is -2.38. The number of ether oxygens (including phenoxy) is 1. The zero-order chi connectivity index (χ0) is 17.6. The highest BCUT2D eigenvalue weighted by Gasteiger charge is 2.42. The standard InChI is InChI=1S/C20H18F3NO/c1-25-13-6-2-5-12(11-13)18-15-8-3-7-14(15)16-9-4-10-17(19(16)24-18)20(21,22)23/h2-7,9-11,14-15,18,24H,8H2,1H3/t14-,15+,18-/m0/s1. The molecule has 0 spiro atoms. The molecule has 0 saturated heterocycles. The molecule has 130 valence electrons. The van der Waals surface area contributed by atoms with E-state index in [-0.39, 0.29) is 23.6 Å². The second-order valence-electron chi connectivity index (χ2n) is 6.52. The van der Waals surface area contributed by atoms with Crippen molar-refractivity contribution in [3.63, 3.8) is 0 Å². The molecule has 2 aromatic rings. The minimum absolute atomic E-state index is 0.00486. The summed E-state index contributed by atoms with van der Waals surface area (Å²) in [5.41, 5.74) is 1.28. The Morgan fingerprint density at radius 1 is 1.12 bits per heavy atom. The van der Waals surface area contributed by atoms with Crippen LogP contribution in [0.3, 0.4) is 0 Å². The largest absolute Gasteiger partial charge is 0.497 e. The van der Waals surface area contributed by atoms with Crippen LogP contribution in [0.5, 0.6) is 5.75 Å². The Kier molecular flexibility index (Phi) is 3.74. The molecule has 1 N–H and O–H groups in total. The van der Waals surface area contributed by atoms with Crippen molar-refractivity contribution in [1.29, 1.82) is 0 Å². The van der Waals surface area contributed by atoms with E-state index in [4.69, 9.17) is 4.74 Å². The van der Waals surface area contributed by atoms with Crippen LogP contribution in [0.4, 0.5) is 18.9 Å². The van der Waals surface area contributed by atoms with Crippen LogP contribution < -0.4 is 10.1 Å². The van der Waals surface area contributed by atoms with Crippen LogP contribution in [0.15, 0.2) is 54.6 Å². The van der Waals surface area contributed by atoms with E-state index >= 15 is 0 Å². The first-order valence-electron chi connectivity index (χ1n) is 8.26. The summed E-state index contributed by atoms with van der Waals surface area (Å²) >= 11 is 0. The van der Waals surface area contributed by atoms with Gasteiger partial charge < -0.3 is 10.1 Å². The van der Waals surface area contributed by atoms with E-state index in [2.05, 4.69) is 11.4 Å². The van der Waals surface area contributed by atoms with Crippen molar-refractivity contribution in [3.8, 4) is 5.75 Å². The second kappa shape index (κ2) is 5.83. The molecule has 0 saturated carbocycles. The molecule has 2 nitrogen and oxygen atoms in total. The first-order chi connectivity index (χ1) is 12.0. The molecule has 1 aliphatic heterocycles. The lowest BCUT2D eigenvalue weighted by Crippen LogP contribution is -2.30. The topological polar surface area (TPSA) is 21.3 Å². The Morgan fingerprint density at radius 2 is 1.92 bits per heavy atom. The van der Waals surface area contributed by atoms with E-state index in [1.807, 2.05) is 30.3 Å². The van der Waals surface area contributed by atoms with Gasteiger partial charge >= 0.3 is 6.18 Å². The molecule has 0 unspecified atom stereocenters. The molecular formula is C20H18F3NO. The van der Waals surface area contributed by atoms with Crippen molar-refractivity contribution in [2.45, 2.75) is 24.6 Å². The molecule has 0 fully saturated rings. The number of benzene rings is 2. The van der Waals surface area contributed by atoms with Crippen LogP contribution in [-0.4, -0.2) is 7.11 Å². The van der Waals surface area contributed by atoms with E-state index < -0.39 is 11.7 Å². The van der Waals surface area contributed by atoms with Crippen LogP contribution in [0.25, 0.3) is 0 Å². The van der Waals surface area contributed by atoms with E-state index in [0.29, 0.717) is 5.75 Å². The van der Waals surface area contributed by atoms with Crippen LogP contribution in [0, 0.1) is 5.92 Å². The summed E-state index contributed by atoms with van der Waals surface area (Å²) in [6, 6.07) is 11.8. The van der Waals surface area contributed by atoms with Crippen molar-refractivity contribution < 1.29 is 17.9 Å². The molecule has 5 heteroatoms. The average Bonchev–Trinajstić information content (AvgIpc) is 3.09. The number of nitrogens with one attached hydrogen (secondary N) is 1. The summed E-state index contributed by atoms with van der Waals surface area (Å²) in [6.07, 6.45) is 0.568. The minimum Gasteiger partial charge on any atom is -0.497 e. The van der Waals surface area contributed by atoms with Crippen molar-refractivity contribution in [2.24, 2.45) is 5.92 Å². The third-order valence-corrected chi connectivity index (χ3v) is 5.16. The molecule has 25 heavy (non-hydrogen) atoms. The quantitative estimate of drug-likeness (QED) is 0.722. The van der Waals surface area contributed by atoms with Gasteiger partial charge in [0.05, 0.1) is 24.4 Å². The van der Waals surface area contributed by atoms with E-state index in [0.717, 1.165) is 23.6 Å². The number of methoxy groups -OCH3 is 1. The Bertz CT molecular complexity index is 828. The molecule has 0 aromatic heterocycles. The van der Waals surface area contributed by atoms with E-state index in [1.165, 1.54) is 6.07 Å². The number of para-hydroxylation sites is 1. The Hall–Kier alpha value is -2.43. The average molecular weight is 345 g/mol. The number of fused-ring (bicyclic) bond motifs is 3. The summed E-state index contributed by atoms with van der Waals surface area (Å²) in [6.45, 7) is 0. The normalized spacial score (nSPS) is 24.4. The monoisotopic (exact) mass is 345 g/mol. The van der Waals surface area contributed by atoms with Gasteiger partial charge in [0.15, 0.2) is 0 Å². The fraction of sp³-hybridized carbons (Fsp3) is 0.300. The first-order valence-corrected chi connectivity index (χ1v) is 8.26. The smallest absolute Gasteiger partial charge is 0.418 e. The fourth-order valence-electron chi connectivity index (χ4n) is 4.02. The van der Waals surface area contributed by atoms with E-state index in [9.17, 15) is 13.2 Å². The van der Waals surface area contributed by atoms with Crippen molar-refractivity contribution in [3.05, 3.63) is 71.3 Å². The summed E-state index contributed by atoms with van der Waals surface area (Å²) in [7, 11) is 1.59. The third-order valence-electron chi connectivity index (χ3n) is 5.16. The van der Waals surface area contributed by atoms with Gasteiger partial charge in [-0.05, 0) is 41.7 Å². The van der Waals surface area contributed by atoms with Gasteiger partial charge in [0.2, 0.25) is 0 Å². The van der Waals surface area contributed by atoms with E-state index in [1.54, 1.807) is 13.2 Å². The predicted octanol–water partition coefficient (Wildman–Crippen LogP) is 5.54. The molecule has 4 rings (SSSR count). The lowest BCUT2D eigenvalue weighted by atomic mass is 9.76. The van der Waals surface area contributed by atoms with Gasteiger partial charge in [0, 0.05) is 5.92 Å². The second-order valence-corrected chi connectivity index (χ2v) is 6.52. The lowest BCUT2D eigenvalue weighted by molar-refractivity contribution is -0.137. The molecular weight excluding hydrogens is 327 g/mol. The zero-order valence-electron chi connectivity index (χ0n) is 13.7. The van der Waals surface area contributed by atoms with Crippen LogP contribution in [-0.2, 0) is 6.18 Å². The number of alkyl halides is 3. The Balaban J connectivity index is 1.83. The highest BCUT2D eigenvalue weighted by atomic mass is 19.4. The Labute approximate surface area is 144 Å². The summed E-state index contributed by atoms with van der Waals surface area (Å²) < 4.78 is 45.8. The van der Waals surface area contributed by atoms with Gasteiger partial charge in [-0.3, -0.25) is 0 Å². The van der Waals surface area contributed by atoms with Gasteiger partial charge in [-0.15, -0.1) is 0 Å². The molecule has 0 bridgehead atoms. The van der Waals surface area contributed by atoms with Crippen molar-refractivity contribution in [1.82, 2.24) is 0 Å². The molecule has 1 aliphatic carbocycles. The number of rotatable bonds is 2. The van der Waals surface area contributed by atoms with Gasteiger partial charge in [-0.25, -0.2) is 0 Å². The highest BCUT2D eigenvalue weighted by Crippen LogP contribution is 2.52. The van der Waals surface area contributed by atoms with Crippen molar-refractivity contribution in [2.75, 3.05) is 12.4 Å². The SMILES string of the molecule is COc1cccc([C@@H]2Nc3c(cccc3C(F)(F)F)[C@H]3C=CC[C@H]32)c1. The fourth-order valence-corrected chi connectivity index (χ4v) is 4.02. The third kappa shape index (κ3) is 2.68. The van der Waals surface area contributed by atoms with Gasteiger partial charge in [-0.1, -0.05) is 36.4 Å². The minimum atomic E-state index is -4.38. The van der Waals surface area contributed by atoms with Crippen molar-refractivity contribution >= 4 is 5.69 Å². The predicted molar refractivity (Wildman–Crippen MR) is 90.8 cm³/mol. The number of halogens is 3. The molecule has 2 aromatic carbocycles. The molecule has 0 amide bonds. The maximum atomic E-state index is 13.5. The molecule has 0 radical (unpaired) electrons. The van der Waals surface area contributed by atoms with Crippen LogP contribution in [0.2, 0.25) is 0 Å². The summed E-state index contributed by atoms with van der Waals surface area (Å²) in [5, 5.41) is 3.20. The highest BCUT2D eigenvalue weighted by molar-refractivity contribution is 5.65. The zero-order valence-corrected chi connectivity index (χ0v) is 13.7. The van der Waals surface area contributed by atoms with Gasteiger partial charge in [0.1, 0.15) is 5.75 Å². The van der Waals surface area contributed by atoms with Crippen LogP contribution >= 0.6 is 0 Å². The maximum absolute atomic E-state index is 13.5. The first kappa shape index (κ1) is 16.1. The van der Waals surface area contributed by atoms with Crippen LogP contribution in [0.1, 0.15) is 35.1 Å². The number of hydrogen-bond donors (Lipinski definition) is 1. The summed E-state index contributed by atoms with van der Waals surface area (Å²) in [4.78, 5) is 0. The molecule has 1 heterocycles. The van der Waals surface area contributed by atoms with Gasteiger partial charge in [-0.2, -0.15) is 13.2 Å². The Morgan fingerprint density at radius 3 is 2.68 bits per heavy atom. The maximum Gasteiger partial charge on any atom is 0.418 e.